The van der Waals surface area contributed by atoms with Crippen molar-refractivity contribution in [2.75, 3.05) is 13.2 Å². The summed E-state index contributed by atoms with van der Waals surface area (Å²) in [6, 6.07) is 0. The molecule has 0 aliphatic carbocycles. The molecule has 0 aromatic rings. The van der Waals surface area contributed by atoms with Gasteiger partial charge in [-0.3, -0.25) is 0 Å². The molecule has 1 fully saturated rings. The highest BCUT2D eigenvalue weighted by molar-refractivity contribution is 6.53. The van der Waals surface area contributed by atoms with Crippen LogP contribution in [0.25, 0.3) is 0 Å². The molecule has 44 valence electrons. The molecule has 1 heterocycles. The molecule has 0 aromatic carbocycles. The summed E-state index contributed by atoms with van der Waals surface area (Å²) >= 11 is 0. The van der Waals surface area contributed by atoms with Crippen molar-refractivity contribution in [3.05, 3.63) is 12.1 Å². The monoisotopic (exact) mass is 112 g/mol. The summed E-state index contributed by atoms with van der Waals surface area (Å²) in [5, 5.41) is 0. The minimum absolute atomic E-state index is 0.130. The van der Waals surface area contributed by atoms with Crippen LogP contribution in [-0.2, 0) is 9.31 Å². The van der Waals surface area contributed by atoms with Crippen molar-refractivity contribution in [3.63, 3.8) is 0 Å². The van der Waals surface area contributed by atoms with Crippen molar-refractivity contribution in [1.82, 2.24) is 0 Å². The predicted molar refractivity (Wildman–Crippen MR) is 32.5 cm³/mol. The second-order valence-electron chi connectivity index (χ2n) is 1.92. The summed E-state index contributed by atoms with van der Waals surface area (Å²) in [5.41, 5.74) is 0.947. The lowest BCUT2D eigenvalue weighted by Gasteiger charge is -1.98. The molecule has 0 amide bonds. The lowest BCUT2D eigenvalue weighted by atomic mass is 9.81. The van der Waals surface area contributed by atoms with E-state index in [2.05, 4.69) is 6.58 Å². The Bertz CT molecular complexity index is 96.6. The van der Waals surface area contributed by atoms with Gasteiger partial charge in [-0.2, -0.15) is 0 Å². The van der Waals surface area contributed by atoms with Gasteiger partial charge in [-0.05, 0) is 6.92 Å². The van der Waals surface area contributed by atoms with E-state index in [1.165, 1.54) is 0 Å². The molecule has 1 saturated heterocycles. The summed E-state index contributed by atoms with van der Waals surface area (Å²) < 4.78 is 10.2. The molecule has 2 nitrogen and oxygen atoms in total. The predicted octanol–water partition coefficient (Wildman–Crippen LogP) is 0.637. The Labute approximate surface area is 49.6 Å². The van der Waals surface area contributed by atoms with E-state index in [0.29, 0.717) is 13.2 Å². The molecule has 8 heavy (non-hydrogen) atoms. The van der Waals surface area contributed by atoms with Crippen LogP contribution in [0.2, 0.25) is 0 Å². The second kappa shape index (κ2) is 2.33. The summed E-state index contributed by atoms with van der Waals surface area (Å²) in [5.74, 6) is 0. The van der Waals surface area contributed by atoms with Crippen molar-refractivity contribution in [1.29, 1.82) is 0 Å². The largest absolute Gasteiger partial charge is 0.488 e. The quantitative estimate of drug-likeness (QED) is 0.463. The first kappa shape index (κ1) is 5.85. The first-order valence-electron chi connectivity index (χ1n) is 2.69. The second-order valence-corrected chi connectivity index (χ2v) is 1.92. The Morgan fingerprint density at radius 1 is 1.50 bits per heavy atom. The fourth-order valence-corrected chi connectivity index (χ4v) is 0.643. The van der Waals surface area contributed by atoms with Gasteiger partial charge < -0.3 is 9.31 Å². The van der Waals surface area contributed by atoms with E-state index < -0.39 is 0 Å². The fraction of sp³-hybridized carbons (Fsp3) is 0.600. The Morgan fingerprint density at radius 2 is 2.00 bits per heavy atom. The van der Waals surface area contributed by atoms with Crippen LogP contribution in [0.3, 0.4) is 0 Å². The average molecular weight is 112 g/mol. The van der Waals surface area contributed by atoms with Gasteiger partial charge in [-0.1, -0.05) is 5.47 Å². The number of rotatable bonds is 1. The molecule has 0 N–H and O–H groups in total. The Morgan fingerprint density at radius 3 is 2.25 bits per heavy atom. The lowest BCUT2D eigenvalue weighted by molar-refractivity contribution is 0.365. The normalized spacial score (nSPS) is 19.4. The topological polar surface area (TPSA) is 18.5 Å². The van der Waals surface area contributed by atoms with Crippen LogP contribution >= 0.6 is 0 Å². The minimum Gasteiger partial charge on any atom is -0.405 e. The van der Waals surface area contributed by atoms with Gasteiger partial charge in [0.25, 0.3) is 0 Å². The minimum atomic E-state index is -0.130. The summed E-state index contributed by atoms with van der Waals surface area (Å²) in [7, 11) is -0.130. The molecule has 3 heteroatoms. The van der Waals surface area contributed by atoms with E-state index in [4.69, 9.17) is 9.31 Å². The van der Waals surface area contributed by atoms with Crippen molar-refractivity contribution < 1.29 is 9.31 Å². The molecule has 0 saturated carbocycles. The van der Waals surface area contributed by atoms with E-state index in [1.54, 1.807) is 0 Å². The molecule has 1 rings (SSSR count). The van der Waals surface area contributed by atoms with Gasteiger partial charge >= 0.3 is 7.12 Å². The van der Waals surface area contributed by atoms with Gasteiger partial charge in [0, 0.05) is 0 Å². The van der Waals surface area contributed by atoms with Crippen LogP contribution in [0.5, 0.6) is 0 Å². The van der Waals surface area contributed by atoms with Crippen LogP contribution in [0.4, 0.5) is 0 Å². The zero-order valence-electron chi connectivity index (χ0n) is 5.02. The van der Waals surface area contributed by atoms with Gasteiger partial charge in [0.2, 0.25) is 0 Å². The standard InChI is InChI=1S/C5H9BO2/c1-5(2)6-7-3-4-8-6/h1,3-4H2,2H3. The van der Waals surface area contributed by atoms with Crippen molar-refractivity contribution >= 4 is 7.12 Å². The van der Waals surface area contributed by atoms with Crippen LogP contribution in [0, 0.1) is 0 Å². The number of allylic oxidation sites excluding steroid dienone is 1. The van der Waals surface area contributed by atoms with Crippen LogP contribution < -0.4 is 0 Å². The van der Waals surface area contributed by atoms with Gasteiger partial charge in [-0.25, -0.2) is 0 Å². The van der Waals surface area contributed by atoms with Crippen molar-refractivity contribution in [3.8, 4) is 0 Å². The Balaban J connectivity index is 2.35. The molecular formula is C5H9BO2. The Kier molecular flexibility index (Phi) is 1.71. The summed E-state index contributed by atoms with van der Waals surface area (Å²) in [6.45, 7) is 7.00. The third-order valence-corrected chi connectivity index (χ3v) is 1.02. The molecule has 1 aliphatic heterocycles. The van der Waals surface area contributed by atoms with Gasteiger partial charge in [0.1, 0.15) is 0 Å². The maximum absolute atomic E-state index is 5.09. The molecule has 0 atom stereocenters. The zero-order valence-corrected chi connectivity index (χ0v) is 5.02. The zero-order chi connectivity index (χ0) is 5.98. The van der Waals surface area contributed by atoms with E-state index in [0.717, 1.165) is 5.47 Å². The third-order valence-electron chi connectivity index (χ3n) is 1.02. The Hall–Kier alpha value is -0.275. The molecule has 0 radical (unpaired) electrons. The smallest absolute Gasteiger partial charge is 0.405 e. The van der Waals surface area contributed by atoms with Gasteiger partial charge in [0.05, 0.1) is 13.2 Å². The van der Waals surface area contributed by atoms with E-state index in [9.17, 15) is 0 Å². The van der Waals surface area contributed by atoms with E-state index in [1.807, 2.05) is 6.92 Å². The maximum atomic E-state index is 5.09. The maximum Gasteiger partial charge on any atom is 0.488 e. The van der Waals surface area contributed by atoms with E-state index in [-0.39, 0.29) is 7.12 Å². The molecule has 0 bridgehead atoms. The lowest BCUT2D eigenvalue weighted by Crippen LogP contribution is -2.14. The van der Waals surface area contributed by atoms with Gasteiger partial charge in [0.15, 0.2) is 0 Å². The highest BCUT2D eigenvalue weighted by atomic mass is 16.6. The highest BCUT2D eigenvalue weighted by Gasteiger charge is 2.23. The molecule has 1 aliphatic rings. The molecular weight excluding hydrogens is 103 g/mol. The first-order chi connectivity index (χ1) is 3.80. The molecule has 0 unspecified atom stereocenters. The van der Waals surface area contributed by atoms with E-state index >= 15 is 0 Å². The van der Waals surface area contributed by atoms with Crippen LogP contribution in [-0.4, -0.2) is 20.3 Å². The summed E-state index contributed by atoms with van der Waals surface area (Å²) in [4.78, 5) is 0. The molecule has 0 aromatic heterocycles. The van der Waals surface area contributed by atoms with Crippen LogP contribution in [0.15, 0.2) is 12.1 Å². The van der Waals surface area contributed by atoms with Crippen molar-refractivity contribution in [2.45, 2.75) is 6.92 Å². The highest BCUT2D eigenvalue weighted by Crippen LogP contribution is 2.05. The SMILES string of the molecule is C=C(C)B1OCCO1. The third kappa shape index (κ3) is 1.11. The fourth-order valence-electron chi connectivity index (χ4n) is 0.643. The van der Waals surface area contributed by atoms with Gasteiger partial charge in [-0.15, -0.1) is 6.58 Å². The number of hydrogen-bond acceptors (Lipinski definition) is 2. The average Bonchev–Trinajstić information content (AvgIpc) is 2.12. The first-order valence-corrected chi connectivity index (χ1v) is 2.69. The van der Waals surface area contributed by atoms with Crippen molar-refractivity contribution in [2.24, 2.45) is 0 Å². The number of hydrogen-bond donors (Lipinski definition) is 0. The molecule has 0 spiro atoms. The summed E-state index contributed by atoms with van der Waals surface area (Å²) in [6.07, 6.45) is 0. The van der Waals surface area contributed by atoms with Crippen LogP contribution in [0.1, 0.15) is 6.92 Å².